The molecule has 0 aromatic heterocycles. The summed E-state index contributed by atoms with van der Waals surface area (Å²) in [6, 6.07) is 17.7. The normalized spacial score (nSPS) is 11.4. The number of ketones is 1. The van der Waals surface area contributed by atoms with Crippen LogP contribution in [0.4, 0.5) is 0 Å². The van der Waals surface area contributed by atoms with Crippen LogP contribution in [0.3, 0.4) is 0 Å². The monoisotopic (exact) mass is 250 g/mol. The predicted octanol–water partition coefficient (Wildman–Crippen LogP) is 4.67. The number of allylic oxidation sites excluding steroid dienone is 2. The Balaban J connectivity index is 2.29. The van der Waals surface area contributed by atoms with Gasteiger partial charge in [-0.05, 0) is 30.6 Å². The van der Waals surface area contributed by atoms with E-state index in [1.54, 1.807) is 6.08 Å². The first-order valence-electron chi connectivity index (χ1n) is 6.57. The molecule has 0 radical (unpaired) electrons. The first-order valence-corrected chi connectivity index (χ1v) is 6.57. The number of carbonyl (C=O) groups is 1. The average Bonchev–Trinajstić information content (AvgIpc) is 2.46. The molecule has 96 valence electrons. The summed E-state index contributed by atoms with van der Waals surface area (Å²) in [5.74, 6) is 0.0676. The topological polar surface area (TPSA) is 17.1 Å². The Hall–Kier alpha value is -2.15. The number of hydrogen-bond acceptors (Lipinski definition) is 1. The second kappa shape index (κ2) is 6.14. The summed E-state index contributed by atoms with van der Waals surface area (Å²) in [4.78, 5) is 12.2. The predicted molar refractivity (Wildman–Crippen MR) is 80.2 cm³/mol. The Kier molecular flexibility index (Phi) is 4.30. The van der Waals surface area contributed by atoms with Gasteiger partial charge in [-0.3, -0.25) is 4.79 Å². The van der Waals surface area contributed by atoms with Gasteiger partial charge in [0.05, 0.1) is 0 Å². The lowest BCUT2D eigenvalue weighted by molar-refractivity contribution is 0.104. The molecule has 0 unspecified atom stereocenters. The molecule has 0 amide bonds. The van der Waals surface area contributed by atoms with E-state index in [0.29, 0.717) is 0 Å². The first kappa shape index (κ1) is 13.3. The van der Waals surface area contributed by atoms with Crippen LogP contribution in [-0.4, -0.2) is 5.78 Å². The average molecular weight is 250 g/mol. The van der Waals surface area contributed by atoms with Gasteiger partial charge in [0, 0.05) is 5.56 Å². The van der Waals surface area contributed by atoms with Gasteiger partial charge in [0.25, 0.3) is 0 Å². The molecule has 0 N–H and O–H groups in total. The second-order valence-electron chi connectivity index (χ2n) is 4.62. The molecule has 0 aliphatic rings. The molecule has 1 nitrogen and oxygen atoms in total. The van der Waals surface area contributed by atoms with Crippen molar-refractivity contribution in [3.05, 3.63) is 77.4 Å². The SMILES string of the molecule is CC/C(=C\C(=O)c1ccccc1)c1ccc(C)cc1. The van der Waals surface area contributed by atoms with Crippen molar-refractivity contribution in [2.24, 2.45) is 0 Å². The van der Waals surface area contributed by atoms with Crippen molar-refractivity contribution in [1.29, 1.82) is 0 Å². The zero-order chi connectivity index (χ0) is 13.7. The van der Waals surface area contributed by atoms with Crippen molar-refractivity contribution in [2.75, 3.05) is 0 Å². The Labute approximate surface area is 114 Å². The van der Waals surface area contributed by atoms with Crippen LogP contribution in [0, 0.1) is 6.92 Å². The van der Waals surface area contributed by atoms with Crippen LogP contribution in [0.1, 0.15) is 34.8 Å². The summed E-state index contributed by atoms with van der Waals surface area (Å²) in [5.41, 5.74) is 4.17. The van der Waals surface area contributed by atoms with E-state index in [2.05, 4.69) is 38.1 Å². The van der Waals surface area contributed by atoms with E-state index in [1.165, 1.54) is 5.56 Å². The highest BCUT2D eigenvalue weighted by Crippen LogP contribution is 2.19. The maximum absolute atomic E-state index is 12.2. The Morgan fingerprint density at radius 3 is 2.16 bits per heavy atom. The number of benzene rings is 2. The van der Waals surface area contributed by atoms with Crippen molar-refractivity contribution in [3.8, 4) is 0 Å². The van der Waals surface area contributed by atoms with E-state index in [0.717, 1.165) is 23.1 Å². The van der Waals surface area contributed by atoms with Gasteiger partial charge < -0.3 is 0 Å². The largest absolute Gasteiger partial charge is 0.289 e. The lowest BCUT2D eigenvalue weighted by atomic mass is 9.99. The first-order chi connectivity index (χ1) is 9.20. The molecule has 0 aliphatic heterocycles. The van der Waals surface area contributed by atoms with Crippen molar-refractivity contribution >= 4 is 11.4 Å². The van der Waals surface area contributed by atoms with Crippen LogP contribution in [0.5, 0.6) is 0 Å². The minimum absolute atomic E-state index is 0.0676. The van der Waals surface area contributed by atoms with Gasteiger partial charge in [-0.25, -0.2) is 0 Å². The number of hydrogen-bond donors (Lipinski definition) is 0. The van der Waals surface area contributed by atoms with E-state index < -0.39 is 0 Å². The minimum Gasteiger partial charge on any atom is -0.289 e. The van der Waals surface area contributed by atoms with E-state index >= 15 is 0 Å². The lowest BCUT2D eigenvalue weighted by Crippen LogP contribution is -1.96. The van der Waals surface area contributed by atoms with Crippen molar-refractivity contribution < 1.29 is 4.79 Å². The summed E-state index contributed by atoms with van der Waals surface area (Å²) in [6.07, 6.45) is 2.60. The molecule has 0 saturated heterocycles. The van der Waals surface area contributed by atoms with E-state index in [4.69, 9.17) is 0 Å². The Morgan fingerprint density at radius 1 is 0.947 bits per heavy atom. The zero-order valence-corrected chi connectivity index (χ0v) is 11.4. The van der Waals surface area contributed by atoms with Gasteiger partial charge in [-0.15, -0.1) is 0 Å². The standard InChI is InChI=1S/C18H18O/c1-3-15(16-11-9-14(2)10-12-16)13-18(19)17-7-5-4-6-8-17/h4-13H,3H2,1-2H3/b15-13+. The number of aryl methyl sites for hydroxylation is 1. The van der Waals surface area contributed by atoms with Crippen LogP contribution >= 0.6 is 0 Å². The fraction of sp³-hybridized carbons (Fsp3) is 0.167. The maximum Gasteiger partial charge on any atom is 0.186 e. The summed E-state index contributed by atoms with van der Waals surface area (Å²) in [6.45, 7) is 4.14. The molecule has 0 heterocycles. The smallest absolute Gasteiger partial charge is 0.186 e. The molecule has 0 saturated carbocycles. The molecule has 0 fully saturated rings. The molecule has 19 heavy (non-hydrogen) atoms. The molecule has 0 atom stereocenters. The summed E-state index contributed by atoms with van der Waals surface area (Å²) in [7, 11) is 0. The molecule has 1 heteroatoms. The van der Waals surface area contributed by atoms with Gasteiger partial charge >= 0.3 is 0 Å². The highest BCUT2D eigenvalue weighted by Gasteiger charge is 2.05. The quantitative estimate of drug-likeness (QED) is 0.569. The third-order valence-corrected chi connectivity index (χ3v) is 3.17. The van der Waals surface area contributed by atoms with Crippen LogP contribution < -0.4 is 0 Å². The van der Waals surface area contributed by atoms with E-state index in [1.807, 2.05) is 30.3 Å². The second-order valence-corrected chi connectivity index (χ2v) is 4.62. The molecule has 0 aliphatic carbocycles. The van der Waals surface area contributed by atoms with Crippen molar-refractivity contribution in [1.82, 2.24) is 0 Å². The third-order valence-electron chi connectivity index (χ3n) is 3.17. The van der Waals surface area contributed by atoms with E-state index in [9.17, 15) is 4.79 Å². The maximum atomic E-state index is 12.2. The van der Waals surface area contributed by atoms with Gasteiger partial charge in [-0.2, -0.15) is 0 Å². The van der Waals surface area contributed by atoms with Crippen LogP contribution in [-0.2, 0) is 0 Å². The van der Waals surface area contributed by atoms with Crippen LogP contribution in [0.15, 0.2) is 60.7 Å². The van der Waals surface area contributed by atoms with Crippen LogP contribution in [0.2, 0.25) is 0 Å². The van der Waals surface area contributed by atoms with Crippen LogP contribution in [0.25, 0.3) is 5.57 Å². The molecule has 0 bridgehead atoms. The molecule has 2 aromatic rings. The summed E-state index contributed by atoms with van der Waals surface area (Å²) < 4.78 is 0. The highest BCUT2D eigenvalue weighted by atomic mass is 16.1. The summed E-state index contributed by atoms with van der Waals surface area (Å²) >= 11 is 0. The van der Waals surface area contributed by atoms with Gasteiger partial charge in [0.2, 0.25) is 0 Å². The lowest BCUT2D eigenvalue weighted by Gasteiger charge is -2.05. The number of carbonyl (C=O) groups excluding carboxylic acids is 1. The van der Waals surface area contributed by atoms with Gasteiger partial charge in [0.1, 0.15) is 0 Å². The van der Waals surface area contributed by atoms with Gasteiger partial charge in [-0.1, -0.05) is 67.1 Å². The van der Waals surface area contributed by atoms with Gasteiger partial charge in [0.15, 0.2) is 5.78 Å². The molecule has 2 rings (SSSR count). The van der Waals surface area contributed by atoms with Crippen molar-refractivity contribution in [2.45, 2.75) is 20.3 Å². The van der Waals surface area contributed by atoms with Crippen molar-refractivity contribution in [3.63, 3.8) is 0 Å². The Morgan fingerprint density at radius 2 is 1.58 bits per heavy atom. The summed E-state index contributed by atoms with van der Waals surface area (Å²) in [5, 5.41) is 0. The fourth-order valence-corrected chi connectivity index (χ4v) is 2.00. The zero-order valence-electron chi connectivity index (χ0n) is 11.4. The third kappa shape index (κ3) is 3.41. The molecule has 2 aromatic carbocycles. The highest BCUT2D eigenvalue weighted by molar-refractivity contribution is 6.08. The molecular weight excluding hydrogens is 232 g/mol. The van der Waals surface area contributed by atoms with E-state index in [-0.39, 0.29) is 5.78 Å². The Bertz CT molecular complexity index is 577. The molecule has 0 spiro atoms. The number of rotatable bonds is 4. The minimum atomic E-state index is 0.0676. The fourth-order valence-electron chi connectivity index (χ4n) is 2.00. The molecular formula is C18H18O.